The van der Waals surface area contributed by atoms with Crippen molar-refractivity contribution >= 4 is 18.0 Å². The quantitative estimate of drug-likeness (QED) is 0.459. The molecule has 4 rings (SSSR count). The number of rotatable bonds is 10. The normalized spacial score (nSPS) is 19.5. The Morgan fingerprint density at radius 2 is 1.63 bits per heavy atom. The van der Waals surface area contributed by atoms with Crippen molar-refractivity contribution in [3.63, 3.8) is 0 Å². The van der Waals surface area contributed by atoms with E-state index in [9.17, 15) is 19.5 Å². The van der Waals surface area contributed by atoms with Crippen LogP contribution in [0, 0.1) is 11.8 Å². The number of carbonyl (C=O) groups is 3. The molecule has 0 bridgehead atoms. The maximum atomic E-state index is 12.4. The van der Waals surface area contributed by atoms with Crippen molar-refractivity contribution in [2.75, 3.05) is 13.2 Å². The van der Waals surface area contributed by atoms with Gasteiger partial charge in [0.2, 0.25) is 5.91 Å². The number of benzene rings is 2. The molecule has 0 aromatic heterocycles. The third-order valence-electron chi connectivity index (χ3n) is 7.21. The predicted octanol–water partition coefficient (Wildman–Crippen LogP) is 4.70. The summed E-state index contributed by atoms with van der Waals surface area (Å²) in [6.07, 6.45) is 3.70. The van der Waals surface area contributed by atoms with Crippen molar-refractivity contribution in [2.24, 2.45) is 11.8 Å². The summed E-state index contributed by atoms with van der Waals surface area (Å²) in [4.78, 5) is 36.0. The Labute approximate surface area is 206 Å². The van der Waals surface area contributed by atoms with E-state index in [4.69, 9.17) is 4.74 Å². The molecule has 2 aromatic rings. The summed E-state index contributed by atoms with van der Waals surface area (Å²) < 4.78 is 5.61. The van der Waals surface area contributed by atoms with Crippen LogP contribution in [0.3, 0.4) is 0 Å². The molecule has 2 aromatic carbocycles. The maximum Gasteiger partial charge on any atom is 0.407 e. The average Bonchev–Trinajstić information content (AvgIpc) is 3.43. The van der Waals surface area contributed by atoms with E-state index in [-0.39, 0.29) is 24.3 Å². The van der Waals surface area contributed by atoms with Gasteiger partial charge in [-0.3, -0.25) is 4.79 Å². The Morgan fingerprint density at radius 1 is 1.00 bits per heavy atom. The Kier molecular flexibility index (Phi) is 8.06. The van der Waals surface area contributed by atoms with Crippen molar-refractivity contribution < 1.29 is 24.2 Å². The molecule has 7 heteroatoms. The van der Waals surface area contributed by atoms with E-state index >= 15 is 0 Å². The first-order valence-corrected chi connectivity index (χ1v) is 12.6. The number of carboxylic acid groups (broad SMARTS) is 1. The summed E-state index contributed by atoms with van der Waals surface area (Å²) in [5.74, 6) is -0.665. The molecule has 1 fully saturated rings. The number of ether oxygens (including phenoxy) is 1. The average molecular weight is 479 g/mol. The van der Waals surface area contributed by atoms with Crippen LogP contribution < -0.4 is 10.6 Å². The molecule has 2 amide bonds. The van der Waals surface area contributed by atoms with Gasteiger partial charge in [0.05, 0.1) is 0 Å². The highest BCUT2D eigenvalue weighted by Gasteiger charge is 2.30. The molecule has 7 nitrogen and oxygen atoms in total. The lowest BCUT2D eigenvalue weighted by atomic mass is 9.98. The summed E-state index contributed by atoms with van der Waals surface area (Å²) in [7, 11) is 0. The van der Waals surface area contributed by atoms with Gasteiger partial charge in [0, 0.05) is 18.9 Å². The first-order valence-electron chi connectivity index (χ1n) is 12.6. The van der Waals surface area contributed by atoms with Crippen LogP contribution in [0.25, 0.3) is 11.1 Å². The molecule has 1 saturated carbocycles. The predicted molar refractivity (Wildman–Crippen MR) is 133 cm³/mol. The summed E-state index contributed by atoms with van der Waals surface area (Å²) in [6.45, 7) is 2.70. The molecule has 0 heterocycles. The number of hydrogen-bond acceptors (Lipinski definition) is 4. The highest BCUT2D eigenvalue weighted by Crippen LogP contribution is 2.44. The molecule has 3 atom stereocenters. The standard InChI is InChI=1S/C28H34N2O5/c1-2-7-25(27(32)33)30-26(31)15-18-12-13-19(14-18)16-29-28(34)35-17-24-22-10-5-3-8-20(22)21-9-4-6-11-23(21)24/h3-6,8-11,18-19,24-25H,2,7,12-17H2,1H3,(H,29,34)(H,30,31)(H,32,33)/t18?,19?,25-/m0/s1. The number of aliphatic carboxylic acids is 1. The first-order chi connectivity index (χ1) is 17.0. The van der Waals surface area contributed by atoms with Crippen molar-refractivity contribution in [2.45, 2.75) is 57.4 Å². The van der Waals surface area contributed by atoms with Gasteiger partial charge < -0.3 is 20.5 Å². The zero-order valence-electron chi connectivity index (χ0n) is 20.2. The third kappa shape index (κ3) is 6.02. The largest absolute Gasteiger partial charge is 0.480 e. The zero-order valence-corrected chi connectivity index (χ0v) is 20.2. The summed E-state index contributed by atoms with van der Waals surface area (Å²) in [5, 5.41) is 14.8. The van der Waals surface area contributed by atoms with Gasteiger partial charge in [0.15, 0.2) is 0 Å². The minimum absolute atomic E-state index is 0.0323. The van der Waals surface area contributed by atoms with Gasteiger partial charge in [-0.05, 0) is 59.8 Å². The smallest absolute Gasteiger partial charge is 0.407 e. The lowest BCUT2D eigenvalue weighted by molar-refractivity contribution is -0.142. The summed E-state index contributed by atoms with van der Waals surface area (Å²) in [5.41, 5.74) is 4.76. The molecule has 2 aliphatic rings. The topological polar surface area (TPSA) is 105 Å². The number of hydrogen-bond donors (Lipinski definition) is 3. The summed E-state index contributed by atoms with van der Waals surface area (Å²) >= 11 is 0. The number of alkyl carbamates (subject to hydrolysis) is 1. The van der Waals surface area contributed by atoms with Crippen LogP contribution in [0.5, 0.6) is 0 Å². The number of carbonyl (C=O) groups excluding carboxylic acids is 2. The van der Waals surface area contributed by atoms with Crippen LogP contribution in [0.15, 0.2) is 48.5 Å². The van der Waals surface area contributed by atoms with Crippen LogP contribution >= 0.6 is 0 Å². The van der Waals surface area contributed by atoms with Crippen LogP contribution in [0.4, 0.5) is 4.79 Å². The van der Waals surface area contributed by atoms with Crippen molar-refractivity contribution in [3.8, 4) is 11.1 Å². The van der Waals surface area contributed by atoms with Gasteiger partial charge >= 0.3 is 12.1 Å². The van der Waals surface area contributed by atoms with Gasteiger partial charge in [-0.15, -0.1) is 0 Å². The summed E-state index contributed by atoms with van der Waals surface area (Å²) in [6, 6.07) is 15.7. The molecule has 0 aliphatic heterocycles. The number of amides is 2. The van der Waals surface area contributed by atoms with Gasteiger partial charge in [0.1, 0.15) is 12.6 Å². The molecule has 0 saturated heterocycles. The lowest BCUT2D eigenvalue weighted by Crippen LogP contribution is -2.41. The fourth-order valence-corrected chi connectivity index (χ4v) is 5.49. The SMILES string of the molecule is CCC[C@H](NC(=O)CC1CCC(CNC(=O)OCC2c3ccccc3-c3ccccc32)C1)C(=O)O. The van der Waals surface area contributed by atoms with Gasteiger partial charge in [0.25, 0.3) is 0 Å². The molecule has 186 valence electrons. The van der Waals surface area contributed by atoms with E-state index in [0.717, 1.165) is 19.3 Å². The van der Waals surface area contributed by atoms with Gasteiger partial charge in [-0.2, -0.15) is 0 Å². The molecule has 0 radical (unpaired) electrons. The second-order valence-corrected chi connectivity index (χ2v) is 9.70. The molecule has 2 aliphatic carbocycles. The van der Waals surface area contributed by atoms with E-state index in [1.54, 1.807) is 0 Å². The van der Waals surface area contributed by atoms with Crippen molar-refractivity contribution in [1.29, 1.82) is 0 Å². The van der Waals surface area contributed by atoms with E-state index in [1.807, 2.05) is 31.2 Å². The second kappa shape index (κ2) is 11.4. The molecular formula is C28H34N2O5. The van der Waals surface area contributed by atoms with Crippen molar-refractivity contribution in [1.82, 2.24) is 10.6 Å². The number of fused-ring (bicyclic) bond motifs is 3. The van der Waals surface area contributed by atoms with Crippen LogP contribution in [-0.2, 0) is 14.3 Å². The van der Waals surface area contributed by atoms with Crippen LogP contribution in [0.1, 0.15) is 62.5 Å². The molecular weight excluding hydrogens is 444 g/mol. The zero-order chi connectivity index (χ0) is 24.8. The highest BCUT2D eigenvalue weighted by atomic mass is 16.5. The Hall–Kier alpha value is -3.35. The number of nitrogens with one attached hydrogen (secondary N) is 2. The first kappa shape index (κ1) is 24.8. The molecule has 2 unspecified atom stereocenters. The van der Waals surface area contributed by atoms with E-state index in [2.05, 4.69) is 34.9 Å². The van der Waals surface area contributed by atoms with Crippen LogP contribution in [0.2, 0.25) is 0 Å². The molecule has 3 N–H and O–H groups in total. The van der Waals surface area contributed by atoms with E-state index in [1.165, 1.54) is 22.3 Å². The van der Waals surface area contributed by atoms with Gasteiger partial charge in [-0.1, -0.05) is 61.9 Å². The Balaban J connectivity index is 1.20. The van der Waals surface area contributed by atoms with E-state index < -0.39 is 18.1 Å². The van der Waals surface area contributed by atoms with Crippen LogP contribution in [-0.4, -0.2) is 42.3 Å². The minimum atomic E-state index is -0.989. The second-order valence-electron chi connectivity index (χ2n) is 9.70. The fourth-order valence-electron chi connectivity index (χ4n) is 5.49. The minimum Gasteiger partial charge on any atom is -0.480 e. The van der Waals surface area contributed by atoms with E-state index in [0.29, 0.717) is 31.7 Å². The Morgan fingerprint density at radius 3 is 2.26 bits per heavy atom. The lowest BCUT2D eigenvalue weighted by Gasteiger charge is -2.17. The molecule has 35 heavy (non-hydrogen) atoms. The highest BCUT2D eigenvalue weighted by molar-refractivity contribution is 5.83. The van der Waals surface area contributed by atoms with Crippen molar-refractivity contribution in [3.05, 3.63) is 59.7 Å². The monoisotopic (exact) mass is 478 g/mol. The Bertz CT molecular complexity index is 1020. The number of carboxylic acids is 1. The maximum absolute atomic E-state index is 12.4. The fraction of sp³-hybridized carbons (Fsp3) is 0.464. The van der Waals surface area contributed by atoms with Gasteiger partial charge in [-0.25, -0.2) is 9.59 Å². The molecule has 0 spiro atoms. The third-order valence-corrected chi connectivity index (χ3v) is 7.21.